The van der Waals surface area contributed by atoms with E-state index in [1.54, 1.807) is 13.0 Å². The van der Waals surface area contributed by atoms with Crippen LogP contribution in [0.25, 0.3) is 0 Å². The van der Waals surface area contributed by atoms with Crippen molar-refractivity contribution in [3.63, 3.8) is 0 Å². The molecule has 2 rings (SSSR count). The van der Waals surface area contributed by atoms with E-state index in [0.717, 1.165) is 5.56 Å². The Morgan fingerprint density at radius 3 is 2.62 bits per heavy atom. The highest BCUT2D eigenvalue weighted by Crippen LogP contribution is 2.28. The van der Waals surface area contributed by atoms with Gasteiger partial charge in [-0.2, -0.15) is 0 Å². The zero-order valence-corrected chi connectivity index (χ0v) is 13.9. The number of anilines is 1. The lowest BCUT2D eigenvalue weighted by Gasteiger charge is -2.10. The minimum atomic E-state index is -0.554. The predicted octanol–water partition coefficient (Wildman–Crippen LogP) is 4.37. The third-order valence-corrected chi connectivity index (χ3v) is 3.53. The van der Waals surface area contributed by atoms with Gasteiger partial charge in [-0.1, -0.05) is 26.0 Å². The van der Waals surface area contributed by atoms with Gasteiger partial charge >= 0.3 is 5.69 Å². The Labute approximate surface area is 140 Å². The second-order valence-electron chi connectivity index (χ2n) is 5.61. The summed E-state index contributed by atoms with van der Waals surface area (Å²) in [4.78, 5) is 23.0. The first-order chi connectivity index (χ1) is 11.4. The highest BCUT2D eigenvalue weighted by molar-refractivity contribution is 6.04. The lowest BCUT2D eigenvalue weighted by molar-refractivity contribution is -0.385. The normalized spacial score (nSPS) is 10.5. The van der Waals surface area contributed by atoms with Crippen LogP contribution in [0.3, 0.4) is 0 Å². The molecule has 0 atom stereocenters. The maximum atomic E-state index is 12.4. The summed E-state index contributed by atoms with van der Waals surface area (Å²) >= 11 is 0. The Morgan fingerprint density at radius 1 is 1.25 bits per heavy atom. The van der Waals surface area contributed by atoms with Gasteiger partial charge in [-0.25, -0.2) is 0 Å². The van der Waals surface area contributed by atoms with Crippen LogP contribution in [0.5, 0.6) is 5.75 Å². The summed E-state index contributed by atoms with van der Waals surface area (Å²) in [7, 11) is 0. The molecule has 0 aliphatic carbocycles. The number of hydrogen-bond donors (Lipinski definition) is 1. The number of nitrogens with zero attached hydrogens (tertiary/aromatic N) is 1. The molecule has 2 aromatic rings. The molecular formula is C18H20N2O4. The molecule has 126 valence electrons. The van der Waals surface area contributed by atoms with Crippen molar-refractivity contribution >= 4 is 17.3 Å². The zero-order valence-electron chi connectivity index (χ0n) is 13.9. The molecule has 24 heavy (non-hydrogen) atoms. The maximum Gasteiger partial charge on any atom is 0.311 e. The number of hydrogen-bond acceptors (Lipinski definition) is 4. The number of rotatable bonds is 6. The summed E-state index contributed by atoms with van der Waals surface area (Å²) in [6, 6.07) is 11.7. The largest absolute Gasteiger partial charge is 0.487 e. The monoisotopic (exact) mass is 328 g/mol. The third-order valence-electron chi connectivity index (χ3n) is 3.53. The van der Waals surface area contributed by atoms with Gasteiger partial charge in [-0.05, 0) is 42.7 Å². The van der Waals surface area contributed by atoms with Crippen LogP contribution in [0.1, 0.15) is 42.6 Å². The summed E-state index contributed by atoms with van der Waals surface area (Å²) in [6.45, 7) is 6.19. The second-order valence-corrected chi connectivity index (χ2v) is 5.61. The molecule has 2 aromatic carbocycles. The Balaban J connectivity index is 2.25. The third kappa shape index (κ3) is 4.10. The van der Waals surface area contributed by atoms with E-state index in [0.29, 0.717) is 18.2 Å². The van der Waals surface area contributed by atoms with Crippen molar-refractivity contribution in [3.05, 3.63) is 63.7 Å². The van der Waals surface area contributed by atoms with Crippen LogP contribution in [-0.2, 0) is 0 Å². The molecule has 0 aromatic heterocycles. The van der Waals surface area contributed by atoms with E-state index < -0.39 is 10.8 Å². The molecule has 6 nitrogen and oxygen atoms in total. The van der Waals surface area contributed by atoms with E-state index in [1.165, 1.54) is 18.2 Å². The molecule has 0 fully saturated rings. The minimum absolute atomic E-state index is 0.154. The fourth-order valence-corrected chi connectivity index (χ4v) is 2.26. The number of nitro groups is 1. The van der Waals surface area contributed by atoms with Crippen molar-refractivity contribution in [2.75, 3.05) is 11.9 Å². The van der Waals surface area contributed by atoms with Gasteiger partial charge < -0.3 is 10.1 Å². The van der Waals surface area contributed by atoms with Crippen LogP contribution in [-0.4, -0.2) is 17.4 Å². The Morgan fingerprint density at radius 2 is 2.00 bits per heavy atom. The number of amides is 1. The van der Waals surface area contributed by atoms with Gasteiger partial charge in [0.25, 0.3) is 5.91 Å². The molecule has 0 bridgehead atoms. The predicted molar refractivity (Wildman–Crippen MR) is 92.7 cm³/mol. The van der Waals surface area contributed by atoms with Crippen LogP contribution in [0.2, 0.25) is 0 Å². The average molecular weight is 328 g/mol. The summed E-state index contributed by atoms with van der Waals surface area (Å²) in [5, 5.41) is 13.9. The number of nitro benzene ring substituents is 1. The van der Waals surface area contributed by atoms with Crippen molar-refractivity contribution in [3.8, 4) is 5.75 Å². The number of carbonyl (C=O) groups is 1. The van der Waals surface area contributed by atoms with Gasteiger partial charge in [0.1, 0.15) is 0 Å². The molecule has 0 aliphatic rings. The number of nitrogens with one attached hydrogen (secondary N) is 1. The Bertz CT molecular complexity index is 756. The molecular weight excluding hydrogens is 308 g/mol. The van der Waals surface area contributed by atoms with Gasteiger partial charge in [0.15, 0.2) is 5.75 Å². The molecule has 0 heterocycles. The molecule has 0 saturated carbocycles. The van der Waals surface area contributed by atoms with Gasteiger partial charge in [-0.15, -0.1) is 0 Å². The second kappa shape index (κ2) is 7.59. The summed E-state index contributed by atoms with van der Waals surface area (Å²) < 4.78 is 5.22. The standard InChI is InChI=1S/C18H20N2O4/c1-4-24-17-9-8-14(11-16(17)20(22)23)18(21)19-15-7-5-6-13(10-15)12(2)3/h5-12H,4H2,1-3H3,(H,19,21). The Kier molecular flexibility index (Phi) is 5.52. The SMILES string of the molecule is CCOc1ccc(C(=O)Nc2cccc(C(C)C)c2)cc1[N+](=O)[O-]. The quantitative estimate of drug-likeness (QED) is 0.630. The van der Waals surface area contributed by atoms with E-state index in [2.05, 4.69) is 19.2 Å². The first kappa shape index (κ1) is 17.5. The van der Waals surface area contributed by atoms with Crippen LogP contribution in [0.15, 0.2) is 42.5 Å². The first-order valence-corrected chi connectivity index (χ1v) is 7.75. The Hall–Kier alpha value is -2.89. The van der Waals surface area contributed by atoms with Gasteiger partial charge in [0.05, 0.1) is 11.5 Å². The summed E-state index contributed by atoms with van der Waals surface area (Å²) in [5.74, 6) is 0.0938. The maximum absolute atomic E-state index is 12.4. The van der Waals surface area contributed by atoms with E-state index in [9.17, 15) is 14.9 Å². The number of carbonyl (C=O) groups excluding carboxylic acids is 1. The highest BCUT2D eigenvalue weighted by Gasteiger charge is 2.18. The molecule has 0 saturated heterocycles. The molecule has 0 radical (unpaired) electrons. The fourth-order valence-electron chi connectivity index (χ4n) is 2.26. The fraction of sp³-hybridized carbons (Fsp3) is 0.278. The van der Waals surface area contributed by atoms with Crippen LogP contribution in [0, 0.1) is 10.1 Å². The van der Waals surface area contributed by atoms with Crippen LogP contribution < -0.4 is 10.1 Å². The van der Waals surface area contributed by atoms with E-state index in [4.69, 9.17) is 4.74 Å². The smallest absolute Gasteiger partial charge is 0.311 e. The van der Waals surface area contributed by atoms with E-state index >= 15 is 0 Å². The highest BCUT2D eigenvalue weighted by atomic mass is 16.6. The summed E-state index contributed by atoms with van der Waals surface area (Å²) in [5.41, 5.74) is 1.74. The topological polar surface area (TPSA) is 81.5 Å². The van der Waals surface area contributed by atoms with Crippen LogP contribution in [0.4, 0.5) is 11.4 Å². The van der Waals surface area contributed by atoms with Gasteiger partial charge in [0, 0.05) is 17.3 Å². The van der Waals surface area contributed by atoms with Gasteiger partial charge in [-0.3, -0.25) is 14.9 Å². The summed E-state index contributed by atoms with van der Waals surface area (Å²) in [6.07, 6.45) is 0. The number of ether oxygens (including phenoxy) is 1. The molecule has 0 spiro atoms. The molecule has 1 amide bonds. The van der Waals surface area contributed by atoms with Gasteiger partial charge in [0.2, 0.25) is 0 Å². The number of benzene rings is 2. The van der Waals surface area contributed by atoms with Crippen molar-refractivity contribution < 1.29 is 14.5 Å². The van der Waals surface area contributed by atoms with Crippen molar-refractivity contribution in [2.24, 2.45) is 0 Å². The van der Waals surface area contributed by atoms with Crippen molar-refractivity contribution in [1.82, 2.24) is 0 Å². The van der Waals surface area contributed by atoms with E-state index in [-0.39, 0.29) is 17.0 Å². The minimum Gasteiger partial charge on any atom is -0.487 e. The molecule has 1 N–H and O–H groups in total. The van der Waals surface area contributed by atoms with Crippen LogP contribution >= 0.6 is 0 Å². The first-order valence-electron chi connectivity index (χ1n) is 7.75. The molecule has 0 aliphatic heterocycles. The molecule has 6 heteroatoms. The molecule has 0 unspecified atom stereocenters. The lowest BCUT2D eigenvalue weighted by Crippen LogP contribution is -2.12. The average Bonchev–Trinajstić information content (AvgIpc) is 2.55. The zero-order chi connectivity index (χ0) is 17.7. The van der Waals surface area contributed by atoms with E-state index in [1.807, 2.05) is 18.2 Å². The van der Waals surface area contributed by atoms with Crippen molar-refractivity contribution in [1.29, 1.82) is 0 Å². The lowest BCUT2D eigenvalue weighted by atomic mass is 10.0. The van der Waals surface area contributed by atoms with Crippen molar-refractivity contribution in [2.45, 2.75) is 26.7 Å².